The van der Waals surface area contributed by atoms with E-state index >= 15 is 0 Å². The van der Waals surface area contributed by atoms with Gasteiger partial charge in [-0.05, 0) is 6.07 Å². The van der Waals surface area contributed by atoms with Crippen LogP contribution in [-0.2, 0) is 11.2 Å². The molecule has 1 heterocycles. The van der Waals surface area contributed by atoms with Crippen LogP contribution in [0.15, 0.2) is 17.3 Å². The van der Waals surface area contributed by atoms with Crippen molar-refractivity contribution in [3.05, 3.63) is 17.8 Å². The Morgan fingerprint density at radius 2 is 2.42 bits per heavy atom. The Hall–Kier alpha value is -0.985. The molecule has 0 bridgehead atoms. The molecule has 1 rings (SSSR count). The van der Waals surface area contributed by atoms with Crippen molar-refractivity contribution in [3.8, 4) is 6.07 Å². The van der Waals surface area contributed by atoms with Crippen molar-refractivity contribution in [1.82, 2.24) is 4.98 Å². The third-order valence-corrected chi connectivity index (χ3v) is 2.25. The van der Waals surface area contributed by atoms with Gasteiger partial charge in [-0.15, -0.1) is 0 Å². The molecule has 0 N–H and O–H groups in total. The van der Waals surface area contributed by atoms with E-state index in [4.69, 9.17) is 5.26 Å². The van der Waals surface area contributed by atoms with Crippen LogP contribution in [0.25, 0.3) is 0 Å². The summed E-state index contributed by atoms with van der Waals surface area (Å²) in [6.45, 7) is 0. The average molecular weight is 178 g/mol. The molecule has 0 saturated heterocycles. The van der Waals surface area contributed by atoms with Gasteiger partial charge in [0.1, 0.15) is 25.7 Å². The molecule has 60 valence electrons. The first-order chi connectivity index (χ1) is 5.65. The third-order valence-electron chi connectivity index (χ3n) is 1.38. The summed E-state index contributed by atoms with van der Waals surface area (Å²) in [5, 5.41) is 9.03. The number of aromatic nitrogens is 1. The second-order valence-corrected chi connectivity index (χ2v) is 3.73. The smallest absolute Gasteiger partial charge is 0.262 e. The van der Waals surface area contributed by atoms with Crippen LogP contribution < -0.4 is 5.46 Å². The van der Waals surface area contributed by atoms with E-state index in [1.807, 2.05) is 13.9 Å². The van der Waals surface area contributed by atoms with Gasteiger partial charge in [-0.1, -0.05) is 5.46 Å². The van der Waals surface area contributed by atoms with Gasteiger partial charge in [0, 0.05) is 17.4 Å². The molecule has 12 heavy (non-hydrogen) atoms. The summed E-state index contributed by atoms with van der Waals surface area (Å²) in [6, 6.07) is 3.65. The van der Waals surface area contributed by atoms with Gasteiger partial charge < -0.3 is 4.55 Å². The summed E-state index contributed by atoms with van der Waals surface area (Å²) >= 11 is -1.18. The van der Waals surface area contributed by atoms with Gasteiger partial charge in [-0.25, -0.2) is 4.98 Å². The van der Waals surface area contributed by atoms with Crippen molar-refractivity contribution in [2.24, 2.45) is 0 Å². The fourth-order valence-corrected chi connectivity index (χ4v) is 1.48. The average Bonchev–Trinajstić information content (AvgIpc) is 2.03. The Kier molecular flexibility index (Phi) is 2.74. The molecular formula is C7H7BN2OS. The lowest BCUT2D eigenvalue weighted by atomic mass is 9.98. The second-order valence-electron chi connectivity index (χ2n) is 2.43. The van der Waals surface area contributed by atoms with Gasteiger partial charge in [0.15, 0.2) is 0 Å². The lowest BCUT2D eigenvalue weighted by Gasteiger charge is -2.04. The van der Waals surface area contributed by atoms with Gasteiger partial charge in [-0.3, -0.25) is 0 Å². The molecule has 0 amide bonds. The van der Waals surface area contributed by atoms with Gasteiger partial charge in [0.2, 0.25) is 0 Å². The van der Waals surface area contributed by atoms with Crippen LogP contribution in [0.3, 0.4) is 0 Å². The molecule has 0 saturated carbocycles. The Morgan fingerprint density at radius 3 is 2.92 bits per heavy atom. The lowest BCUT2D eigenvalue weighted by Crippen LogP contribution is -2.10. The zero-order valence-corrected chi connectivity index (χ0v) is 7.68. The predicted molar refractivity (Wildman–Crippen MR) is 49.5 cm³/mol. The van der Waals surface area contributed by atoms with Gasteiger partial charge >= 0.3 is 0 Å². The first kappa shape index (κ1) is 9.11. The van der Waals surface area contributed by atoms with Crippen LogP contribution in [0, 0.1) is 11.3 Å². The summed E-state index contributed by atoms with van der Waals surface area (Å²) < 4.78 is 11.0. The normalized spacial score (nSPS) is 12.1. The molecule has 0 spiro atoms. The van der Waals surface area contributed by atoms with Crippen LogP contribution >= 0.6 is 0 Å². The maximum Gasteiger partial charge on any atom is 0.262 e. The molecule has 0 aliphatic carbocycles. The monoisotopic (exact) mass is 178 g/mol. The first-order valence-electron chi connectivity index (χ1n) is 3.35. The van der Waals surface area contributed by atoms with Crippen molar-refractivity contribution in [1.29, 1.82) is 5.26 Å². The van der Waals surface area contributed by atoms with Crippen LogP contribution in [0.1, 0.15) is 5.56 Å². The highest BCUT2D eigenvalue weighted by molar-refractivity contribution is 7.90. The molecule has 0 radical (unpaired) electrons. The van der Waals surface area contributed by atoms with E-state index in [9.17, 15) is 4.55 Å². The lowest BCUT2D eigenvalue weighted by molar-refractivity contribution is 0.597. The maximum atomic E-state index is 11.0. The highest BCUT2D eigenvalue weighted by atomic mass is 32.2. The van der Waals surface area contributed by atoms with Crippen LogP contribution in [0.5, 0.6) is 0 Å². The molecule has 1 aromatic rings. The van der Waals surface area contributed by atoms with E-state index < -0.39 is 11.2 Å². The predicted octanol–water partition coefficient (Wildman–Crippen LogP) is -1.05. The molecule has 0 aromatic carbocycles. The van der Waals surface area contributed by atoms with E-state index in [1.165, 1.54) is 6.26 Å². The quantitative estimate of drug-likeness (QED) is 0.407. The Morgan fingerprint density at radius 1 is 1.75 bits per heavy atom. The van der Waals surface area contributed by atoms with E-state index in [0.29, 0.717) is 10.6 Å². The highest BCUT2D eigenvalue weighted by Gasteiger charge is 2.12. The summed E-state index contributed by atoms with van der Waals surface area (Å²) in [5.41, 5.74) is 1.30. The van der Waals surface area contributed by atoms with E-state index in [0.717, 1.165) is 5.46 Å². The maximum absolute atomic E-state index is 11.0. The van der Waals surface area contributed by atoms with E-state index in [2.05, 4.69) is 4.98 Å². The summed E-state index contributed by atoms with van der Waals surface area (Å²) in [5.74, 6) is 0. The number of hydrogen-bond donors (Lipinski definition) is 0. The topological polar surface area (TPSA) is 59.7 Å². The van der Waals surface area contributed by atoms with Gasteiger partial charge in [0.05, 0.1) is 0 Å². The molecule has 1 atom stereocenters. The molecule has 0 aliphatic rings. The standard InChI is InChI=1S/C7H7BN2OS/c1-12(11)7-5(3-9)2-6(8)4-10-7/h2,4H,8H2,1H3. The van der Waals surface area contributed by atoms with Crippen molar-refractivity contribution in [3.63, 3.8) is 0 Å². The molecule has 0 fully saturated rings. The van der Waals surface area contributed by atoms with Crippen molar-refractivity contribution in [2.75, 3.05) is 6.26 Å². The summed E-state index contributed by atoms with van der Waals surface area (Å²) in [6.07, 6.45) is 3.12. The fourth-order valence-electron chi connectivity index (χ4n) is 0.866. The molecule has 1 unspecified atom stereocenters. The Labute approximate surface area is 75.0 Å². The first-order valence-corrected chi connectivity index (χ1v) is 4.91. The molecule has 0 aliphatic heterocycles. The second kappa shape index (κ2) is 3.61. The summed E-state index contributed by atoms with van der Waals surface area (Å²) in [7, 11) is 1.84. The minimum atomic E-state index is -1.18. The molecule has 5 heteroatoms. The number of nitriles is 1. The Balaban J connectivity index is 3.23. The minimum Gasteiger partial charge on any atom is -0.610 e. The fraction of sp³-hybridized carbons (Fsp3) is 0.143. The Bertz CT molecular complexity index is 335. The molecular weight excluding hydrogens is 171 g/mol. The third kappa shape index (κ3) is 1.78. The zero-order chi connectivity index (χ0) is 9.14. The van der Waals surface area contributed by atoms with Crippen LogP contribution in [0.4, 0.5) is 0 Å². The van der Waals surface area contributed by atoms with Crippen molar-refractivity contribution in [2.45, 2.75) is 5.03 Å². The van der Waals surface area contributed by atoms with Crippen LogP contribution in [-0.4, -0.2) is 23.6 Å². The molecule has 3 nitrogen and oxygen atoms in total. The van der Waals surface area contributed by atoms with E-state index in [1.54, 1.807) is 12.3 Å². The van der Waals surface area contributed by atoms with Crippen molar-refractivity contribution >= 4 is 24.5 Å². The highest BCUT2D eigenvalue weighted by Crippen LogP contribution is 2.08. The number of hydrogen-bond acceptors (Lipinski definition) is 3. The van der Waals surface area contributed by atoms with Gasteiger partial charge in [0.25, 0.3) is 5.03 Å². The van der Waals surface area contributed by atoms with Gasteiger partial charge in [-0.2, -0.15) is 5.26 Å². The van der Waals surface area contributed by atoms with Crippen LogP contribution in [0.2, 0.25) is 0 Å². The summed E-state index contributed by atoms with van der Waals surface area (Å²) in [4.78, 5) is 3.93. The number of rotatable bonds is 1. The minimum absolute atomic E-state index is 0.364. The molecule has 1 aromatic heterocycles. The van der Waals surface area contributed by atoms with E-state index in [-0.39, 0.29) is 0 Å². The number of nitrogens with zero attached hydrogens (tertiary/aromatic N) is 2. The zero-order valence-electron chi connectivity index (χ0n) is 6.87. The van der Waals surface area contributed by atoms with Crippen molar-refractivity contribution < 1.29 is 4.55 Å². The number of pyridine rings is 1. The largest absolute Gasteiger partial charge is 0.610 e. The SMILES string of the molecule is Bc1cnc([S+](C)[O-])c(C#N)c1.